The molecule has 15 heavy (non-hydrogen) atoms. The lowest BCUT2D eigenvalue weighted by Gasteiger charge is -2.21. The zero-order valence-electron chi connectivity index (χ0n) is 9.57. The van der Waals surface area contributed by atoms with Crippen LogP contribution in [0.4, 0.5) is 0 Å². The predicted octanol–water partition coefficient (Wildman–Crippen LogP) is 1.63. The Balaban J connectivity index is 2.99. The van der Waals surface area contributed by atoms with E-state index in [1.165, 1.54) is 6.33 Å². The molecular weight excluding hydrogens is 192 g/mol. The van der Waals surface area contributed by atoms with Crippen LogP contribution in [-0.4, -0.2) is 22.5 Å². The standard InChI is InChI=1S/C11H16N2O2/c1-5-15-10(14)11(3,4)9-6-8(2)12-7-13-9/h6-7H,5H2,1-4H3. The first-order valence-electron chi connectivity index (χ1n) is 4.94. The highest BCUT2D eigenvalue weighted by Crippen LogP contribution is 2.22. The van der Waals surface area contributed by atoms with Crippen LogP contribution in [0.15, 0.2) is 12.4 Å². The number of carbonyl (C=O) groups excluding carboxylic acids is 1. The minimum Gasteiger partial charge on any atom is -0.465 e. The fourth-order valence-electron chi connectivity index (χ4n) is 1.21. The zero-order valence-corrected chi connectivity index (χ0v) is 9.57. The van der Waals surface area contributed by atoms with Crippen molar-refractivity contribution in [3.8, 4) is 0 Å². The normalized spacial score (nSPS) is 11.2. The van der Waals surface area contributed by atoms with Gasteiger partial charge in [-0.15, -0.1) is 0 Å². The fraction of sp³-hybridized carbons (Fsp3) is 0.545. The first kappa shape index (κ1) is 11.6. The molecule has 0 atom stereocenters. The van der Waals surface area contributed by atoms with E-state index in [-0.39, 0.29) is 5.97 Å². The number of carbonyl (C=O) groups is 1. The highest BCUT2D eigenvalue weighted by atomic mass is 16.5. The lowest BCUT2D eigenvalue weighted by Crippen LogP contribution is -2.32. The maximum absolute atomic E-state index is 11.7. The van der Waals surface area contributed by atoms with Crippen molar-refractivity contribution in [1.82, 2.24) is 9.97 Å². The van der Waals surface area contributed by atoms with E-state index in [9.17, 15) is 4.79 Å². The molecule has 0 bridgehead atoms. The van der Waals surface area contributed by atoms with Crippen molar-refractivity contribution in [3.05, 3.63) is 23.8 Å². The van der Waals surface area contributed by atoms with Gasteiger partial charge in [0.15, 0.2) is 0 Å². The Bertz CT molecular complexity index is 361. The molecule has 4 heteroatoms. The second-order valence-electron chi connectivity index (χ2n) is 3.89. The molecule has 1 rings (SSSR count). The van der Waals surface area contributed by atoms with Gasteiger partial charge < -0.3 is 4.74 Å². The third-order valence-electron chi connectivity index (χ3n) is 2.23. The van der Waals surface area contributed by atoms with Crippen LogP contribution in [0.1, 0.15) is 32.2 Å². The van der Waals surface area contributed by atoms with E-state index in [2.05, 4.69) is 9.97 Å². The van der Waals surface area contributed by atoms with Crippen molar-refractivity contribution in [1.29, 1.82) is 0 Å². The number of hydrogen-bond acceptors (Lipinski definition) is 4. The van der Waals surface area contributed by atoms with E-state index >= 15 is 0 Å². The van der Waals surface area contributed by atoms with Gasteiger partial charge in [0.05, 0.1) is 12.3 Å². The summed E-state index contributed by atoms with van der Waals surface area (Å²) < 4.78 is 5.00. The predicted molar refractivity (Wildman–Crippen MR) is 56.4 cm³/mol. The van der Waals surface area contributed by atoms with Crippen LogP contribution in [0.2, 0.25) is 0 Å². The minimum absolute atomic E-state index is 0.261. The molecule has 0 unspecified atom stereocenters. The molecule has 0 aliphatic rings. The van der Waals surface area contributed by atoms with Crippen molar-refractivity contribution in [2.45, 2.75) is 33.1 Å². The van der Waals surface area contributed by atoms with Crippen LogP contribution >= 0.6 is 0 Å². The smallest absolute Gasteiger partial charge is 0.317 e. The molecule has 1 aromatic heterocycles. The second kappa shape index (κ2) is 4.38. The van der Waals surface area contributed by atoms with Crippen molar-refractivity contribution in [2.75, 3.05) is 6.61 Å². The second-order valence-corrected chi connectivity index (χ2v) is 3.89. The fourth-order valence-corrected chi connectivity index (χ4v) is 1.21. The summed E-state index contributed by atoms with van der Waals surface area (Å²) in [7, 11) is 0. The Kier molecular flexibility index (Phi) is 3.39. The summed E-state index contributed by atoms with van der Waals surface area (Å²) in [4.78, 5) is 19.8. The first-order chi connectivity index (χ1) is 6.98. The van der Waals surface area contributed by atoms with E-state index in [1.807, 2.05) is 6.92 Å². The Morgan fingerprint density at radius 1 is 1.47 bits per heavy atom. The molecular formula is C11H16N2O2. The van der Waals surface area contributed by atoms with Crippen molar-refractivity contribution >= 4 is 5.97 Å². The third-order valence-corrected chi connectivity index (χ3v) is 2.23. The van der Waals surface area contributed by atoms with Crippen molar-refractivity contribution in [2.24, 2.45) is 0 Å². The van der Waals surface area contributed by atoms with Gasteiger partial charge in [0.25, 0.3) is 0 Å². The van der Waals surface area contributed by atoms with Gasteiger partial charge in [-0.3, -0.25) is 4.79 Å². The monoisotopic (exact) mass is 208 g/mol. The van der Waals surface area contributed by atoms with Crippen LogP contribution < -0.4 is 0 Å². The summed E-state index contributed by atoms with van der Waals surface area (Å²) in [5.74, 6) is -0.261. The van der Waals surface area contributed by atoms with Crippen LogP contribution in [0.25, 0.3) is 0 Å². The lowest BCUT2D eigenvalue weighted by atomic mass is 9.89. The summed E-state index contributed by atoms with van der Waals surface area (Å²) in [6.45, 7) is 7.64. The van der Waals surface area contributed by atoms with Crippen LogP contribution in [0.3, 0.4) is 0 Å². The zero-order chi connectivity index (χ0) is 11.5. The topological polar surface area (TPSA) is 52.1 Å². The number of aryl methyl sites for hydroxylation is 1. The molecule has 0 aromatic carbocycles. The molecule has 0 saturated heterocycles. The van der Waals surface area contributed by atoms with Crippen molar-refractivity contribution in [3.63, 3.8) is 0 Å². The molecule has 82 valence electrons. The summed E-state index contributed by atoms with van der Waals surface area (Å²) in [5.41, 5.74) is 0.815. The maximum atomic E-state index is 11.7. The van der Waals surface area contributed by atoms with Gasteiger partial charge in [0.2, 0.25) is 0 Å². The SMILES string of the molecule is CCOC(=O)C(C)(C)c1cc(C)ncn1. The molecule has 1 aromatic rings. The van der Waals surface area contributed by atoms with Gasteiger partial charge in [-0.05, 0) is 33.8 Å². The van der Waals surface area contributed by atoms with E-state index < -0.39 is 5.41 Å². The van der Waals surface area contributed by atoms with Crippen LogP contribution in [-0.2, 0) is 14.9 Å². The van der Waals surface area contributed by atoms with Gasteiger partial charge in [-0.2, -0.15) is 0 Å². The van der Waals surface area contributed by atoms with E-state index in [0.29, 0.717) is 12.3 Å². The highest BCUT2D eigenvalue weighted by molar-refractivity contribution is 5.81. The number of nitrogens with zero attached hydrogens (tertiary/aromatic N) is 2. The van der Waals surface area contributed by atoms with Crippen LogP contribution in [0, 0.1) is 6.92 Å². The number of hydrogen-bond donors (Lipinski definition) is 0. The van der Waals surface area contributed by atoms with Crippen LogP contribution in [0.5, 0.6) is 0 Å². The molecule has 0 aliphatic heterocycles. The average molecular weight is 208 g/mol. The van der Waals surface area contributed by atoms with Gasteiger partial charge in [-0.1, -0.05) is 0 Å². The number of rotatable bonds is 3. The molecule has 0 radical (unpaired) electrons. The molecule has 1 heterocycles. The quantitative estimate of drug-likeness (QED) is 0.708. The number of ether oxygens (including phenoxy) is 1. The number of aromatic nitrogens is 2. The van der Waals surface area contributed by atoms with Gasteiger partial charge >= 0.3 is 5.97 Å². The molecule has 0 amide bonds. The summed E-state index contributed by atoms with van der Waals surface area (Å²) in [6.07, 6.45) is 1.46. The van der Waals surface area contributed by atoms with E-state index in [1.54, 1.807) is 26.8 Å². The average Bonchev–Trinajstić information content (AvgIpc) is 2.18. The summed E-state index contributed by atoms with van der Waals surface area (Å²) in [5, 5.41) is 0. The van der Waals surface area contributed by atoms with Gasteiger partial charge in [0.1, 0.15) is 11.7 Å². The van der Waals surface area contributed by atoms with Gasteiger partial charge in [-0.25, -0.2) is 9.97 Å². The molecule has 0 fully saturated rings. The Hall–Kier alpha value is -1.45. The Morgan fingerprint density at radius 2 is 2.13 bits per heavy atom. The van der Waals surface area contributed by atoms with E-state index in [0.717, 1.165) is 5.69 Å². The highest BCUT2D eigenvalue weighted by Gasteiger charge is 2.32. The molecule has 0 spiro atoms. The van der Waals surface area contributed by atoms with Crippen molar-refractivity contribution < 1.29 is 9.53 Å². The maximum Gasteiger partial charge on any atom is 0.317 e. The summed E-state index contributed by atoms with van der Waals surface area (Å²) >= 11 is 0. The molecule has 0 saturated carbocycles. The molecule has 0 aliphatic carbocycles. The van der Waals surface area contributed by atoms with E-state index in [4.69, 9.17) is 4.74 Å². The Labute approximate surface area is 89.7 Å². The minimum atomic E-state index is -0.719. The first-order valence-corrected chi connectivity index (χ1v) is 4.94. The Morgan fingerprint density at radius 3 is 2.67 bits per heavy atom. The largest absolute Gasteiger partial charge is 0.465 e. The third kappa shape index (κ3) is 2.52. The number of esters is 1. The molecule has 4 nitrogen and oxygen atoms in total. The van der Waals surface area contributed by atoms with Gasteiger partial charge in [0, 0.05) is 5.69 Å². The molecule has 0 N–H and O–H groups in total. The lowest BCUT2D eigenvalue weighted by molar-refractivity contribution is -0.148. The summed E-state index contributed by atoms with van der Waals surface area (Å²) in [6, 6.07) is 1.80.